The molecule has 0 spiro atoms. The molecule has 0 saturated carbocycles. The number of nitrogens with one attached hydrogen (secondary N) is 1. The van der Waals surface area contributed by atoms with Crippen molar-refractivity contribution >= 4 is 0 Å². The van der Waals surface area contributed by atoms with Crippen LogP contribution in [0.1, 0.15) is 47.1 Å². The Bertz CT molecular complexity index is 389. The molecule has 0 radical (unpaired) electrons. The van der Waals surface area contributed by atoms with Crippen molar-refractivity contribution in [1.82, 2.24) is 5.32 Å². The second-order valence-electron chi connectivity index (χ2n) is 6.84. The van der Waals surface area contributed by atoms with Gasteiger partial charge < -0.3 is 10.1 Å². The van der Waals surface area contributed by atoms with Crippen molar-refractivity contribution in [3.63, 3.8) is 0 Å². The first-order valence-corrected chi connectivity index (χ1v) is 7.13. The maximum atomic E-state index is 5.87. The summed E-state index contributed by atoms with van der Waals surface area (Å²) in [6, 6.07) is 8.55. The lowest BCUT2D eigenvalue weighted by molar-refractivity contribution is 0.131. The van der Waals surface area contributed by atoms with Crippen LogP contribution in [0.2, 0.25) is 0 Å². The summed E-state index contributed by atoms with van der Waals surface area (Å²) >= 11 is 0. The van der Waals surface area contributed by atoms with Crippen molar-refractivity contribution in [2.75, 3.05) is 13.6 Å². The third-order valence-corrected chi connectivity index (χ3v) is 3.76. The monoisotopic (exact) mass is 263 g/mol. The highest BCUT2D eigenvalue weighted by Gasteiger charge is 2.29. The Hall–Kier alpha value is -1.02. The Balaban J connectivity index is 2.96. The summed E-state index contributed by atoms with van der Waals surface area (Å²) in [5.74, 6) is 1.51. The van der Waals surface area contributed by atoms with Crippen LogP contribution in [0.5, 0.6) is 5.75 Å². The Labute approximate surface area is 118 Å². The van der Waals surface area contributed by atoms with E-state index in [4.69, 9.17) is 4.74 Å². The molecule has 1 rings (SSSR count). The van der Waals surface area contributed by atoms with Crippen LogP contribution in [-0.2, 0) is 5.41 Å². The fourth-order valence-corrected chi connectivity index (χ4v) is 2.26. The maximum Gasteiger partial charge on any atom is 0.120 e. The summed E-state index contributed by atoms with van der Waals surface area (Å²) in [6.07, 6.45) is 0. The van der Waals surface area contributed by atoms with Crippen LogP contribution in [0.15, 0.2) is 24.3 Å². The van der Waals surface area contributed by atoms with Crippen molar-refractivity contribution in [2.24, 2.45) is 5.92 Å². The number of rotatable bonds is 5. The van der Waals surface area contributed by atoms with E-state index in [1.54, 1.807) is 0 Å². The van der Waals surface area contributed by atoms with Gasteiger partial charge in [0.15, 0.2) is 0 Å². The Kier molecular flexibility index (Phi) is 5.03. The van der Waals surface area contributed by atoms with Gasteiger partial charge in [0.25, 0.3) is 0 Å². The molecule has 1 aromatic rings. The molecule has 1 atom stereocenters. The SMILES string of the molecule is CNCC(C)(c1ccc(OC(C)(C)C)cc1)C(C)C. The van der Waals surface area contributed by atoms with Crippen LogP contribution < -0.4 is 10.1 Å². The van der Waals surface area contributed by atoms with E-state index in [0.717, 1.165) is 12.3 Å². The van der Waals surface area contributed by atoms with Crippen LogP contribution in [-0.4, -0.2) is 19.2 Å². The molecule has 0 fully saturated rings. The average molecular weight is 263 g/mol. The minimum atomic E-state index is -0.145. The van der Waals surface area contributed by atoms with Gasteiger partial charge in [-0.3, -0.25) is 0 Å². The van der Waals surface area contributed by atoms with Crippen molar-refractivity contribution in [1.29, 1.82) is 0 Å². The molecule has 1 N–H and O–H groups in total. The molecule has 0 saturated heterocycles. The van der Waals surface area contributed by atoms with E-state index < -0.39 is 0 Å². The second-order valence-corrected chi connectivity index (χ2v) is 6.84. The highest BCUT2D eigenvalue weighted by atomic mass is 16.5. The van der Waals surface area contributed by atoms with E-state index in [2.05, 4.69) is 71.1 Å². The summed E-state index contributed by atoms with van der Waals surface area (Å²) in [6.45, 7) is 14.0. The molecule has 0 aromatic heterocycles. The zero-order valence-corrected chi connectivity index (χ0v) is 13.5. The Morgan fingerprint density at radius 2 is 1.58 bits per heavy atom. The van der Waals surface area contributed by atoms with E-state index >= 15 is 0 Å². The van der Waals surface area contributed by atoms with Gasteiger partial charge in [0, 0.05) is 12.0 Å². The largest absolute Gasteiger partial charge is 0.488 e. The minimum Gasteiger partial charge on any atom is -0.488 e. The first-order chi connectivity index (χ1) is 8.69. The molecular weight excluding hydrogens is 234 g/mol. The normalized spacial score (nSPS) is 15.4. The zero-order valence-electron chi connectivity index (χ0n) is 13.5. The van der Waals surface area contributed by atoms with Gasteiger partial charge >= 0.3 is 0 Å². The molecule has 0 aliphatic carbocycles. The van der Waals surface area contributed by atoms with Crippen LogP contribution in [0, 0.1) is 5.92 Å². The minimum absolute atomic E-state index is 0.145. The van der Waals surface area contributed by atoms with Gasteiger partial charge in [-0.2, -0.15) is 0 Å². The number of hydrogen-bond acceptors (Lipinski definition) is 2. The maximum absolute atomic E-state index is 5.87. The van der Waals surface area contributed by atoms with Crippen molar-refractivity contribution < 1.29 is 4.74 Å². The third-order valence-electron chi connectivity index (χ3n) is 3.76. The van der Waals surface area contributed by atoms with Gasteiger partial charge in [0.05, 0.1) is 0 Å². The third kappa shape index (κ3) is 4.24. The Morgan fingerprint density at radius 1 is 1.05 bits per heavy atom. The first kappa shape index (κ1) is 16.0. The van der Waals surface area contributed by atoms with Crippen molar-refractivity contribution in [3.05, 3.63) is 29.8 Å². The summed E-state index contributed by atoms with van der Waals surface area (Å²) < 4.78 is 5.87. The van der Waals surface area contributed by atoms with Crippen LogP contribution in [0.3, 0.4) is 0 Å². The van der Waals surface area contributed by atoms with Crippen LogP contribution >= 0.6 is 0 Å². The van der Waals surface area contributed by atoms with Crippen molar-refractivity contribution in [2.45, 2.75) is 52.6 Å². The lowest BCUT2D eigenvalue weighted by Crippen LogP contribution is -2.38. The van der Waals surface area contributed by atoms with Crippen LogP contribution in [0.4, 0.5) is 0 Å². The average Bonchev–Trinajstić information content (AvgIpc) is 2.27. The molecule has 1 unspecified atom stereocenters. The van der Waals surface area contributed by atoms with Crippen molar-refractivity contribution in [3.8, 4) is 5.75 Å². The van der Waals surface area contributed by atoms with E-state index in [9.17, 15) is 0 Å². The lowest BCUT2D eigenvalue weighted by atomic mass is 9.73. The molecule has 2 heteroatoms. The Morgan fingerprint density at radius 3 is 1.95 bits per heavy atom. The van der Waals surface area contributed by atoms with Gasteiger partial charge in [-0.05, 0) is 51.4 Å². The predicted octanol–water partition coefficient (Wildman–Crippen LogP) is 4.00. The highest BCUT2D eigenvalue weighted by Crippen LogP contribution is 2.32. The molecule has 2 nitrogen and oxygen atoms in total. The molecule has 0 bridgehead atoms. The van der Waals surface area contributed by atoms with Gasteiger partial charge in [0.2, 0.25) is 0 Å². The molecule has 1 aromatic carbocycles. The molecule has 0 aliphatic heterocycles. The van der Waals surface area contributed by atoms with E-state index in [1.165, 1.54) is 5.56 Å². The predicted molar refractivity (Wildman–Crippen MR) is 82.9 cm³/mol. The van der Waals surface area contributed by atoms with Gasteiger partial charge in [0.1, 0.15) is 11.4 Å². The standard InChI is InChI=1S/C17H29NO/c1-13(2)17(6,12-18-7)14-8-10-15(11-9-14)19-16(3,4)5/h8-11,13,18H,12H2,1-7H3. The number of hydrogen-bond donors (Lipinski definition) is 1. The summed E-state index contributed by atoms with van der Waals surface area (Å²) in [4.78, 5) is 0. The first-order valence-electron chi connectivity index (χ1n) is 7.13. The van der Waals surface area contributed by atoms with E-state index in [1.807, 2.05) is 7.05 Å². The number of ether oxygens (including phenoxy) is 1. The lowest BCUT2D eigenvalue weighted by Gasteiger charge is -2.34. The van der Waals surface area contributed by atoms with Crippen LogP contribution in [0.25, 0.3) is 0 Å². The van der Waals surface area contributed by atoms with Gasteiger partial charge in [-0.25, -0.2) is 0 Å². The fourth-order valence-electron chi connectivity index (χ4n) is 2.26. The van der Waals surface area contributed by atoms with Gasteiger partial charge in [-0.15, -0.1) is 0 Å². The fraction of sp³-hybridized carbons (Fsp3) is 0.647. The highest BCUT2D eigenvalue weighted by molar-refractivity contribution is 5.33. The summed E-state index contributed by atoms with van der Waals surface area (Å²) in [7, 11) is 2.01. The second kappa shape index (κ2) is 5.96. The number of likely N-dealkylation sites (N-methyl/N-ethyl adjacent to an activating group) is 1. The topological polar surface area (TPSA) is 21.3 Å². The van der Waals surface area contributed by atoms with Gasteiger partial charge in [-0.1, -0.05) is 32.9 Å². The number of benzene rings is 1. The molecule has 0 amide bonds. The summed E-state index contributed by atoms with van der Waals surface area (Å²) in [5.41, 5.74) is 1.36. The zero-order chi connectivity index (χ0) is 14.7. The molecule has 0 aliphatic rings. The molecular formula is C17H29NO. The summed E-state index contributed by atoms with van der Waals surface area (Å²) in [5, 5.41) is 3.31. The van der Waals surface area contributed by atoms with E-state index in [-0.39, 0.29) is 11.0 Å². The quantitative estimate of drug-likeness (QED) is 0.867. The molecule has 0 heterocycles. The van der Waals surface area contributed by atoms with E-state index in [0.29, 0.717) is 5.92 Å². The smallest absolute Gasteiger partial charge is 0.120 e. The molecule has 19 heavy (non-hydrogen) atoms. The molecule has 108 valence electrons.